The van der Waals surface area contributed by atoms with Crippen LogP contribution >= 0.6 is 15.9 Å². The average molecular weight is 802 g/mol. The summed E-state index contributed by atoms with van der Waals surface area (Å²) in [6, 6.07) is 9.32. The second-order valence-corrected chi connectivity index (χ2v) is 33.9. The van der Waals surface area contributed by atoms with Gasteiger partial charge in [0.05, 0.1) is 36.3 Å². The summed E-state index contributed by atoms with van der Waals surface area (Å²) in [5, 5.41) is 0.0757. The van der Waals surface area contributed by atoms with E-state index in [1.807, 2.05) is 18.2 Å². The average Bonchev–Trinajstić information content (AvgIpc) is 2.92. The van der Waals surface area contributed by atoms with Gasteiger partial charge < -0.3 is 32.5 Å². The molecule has 0 unspecified atom stereocenters. The Balaban J connectivity index is 1.86. The van der Waals surface area contributed by atoms with Crippen molar-refractivity contribution in [2.24, 2.45) is 0 Å². The Hall–Kier alpha value is -0.349. The molecule has 7 nitrogen and oxygen atoms in total. The summed E-state index contributed by atoms with van der Waals surface area (Å²) in [4.78, 5) is 0. The molecule has 2 heterocycles. The SMILES string of the molecule is C/C=C(/C[C@H]1C[C@](C)(O[Si](C)(C)C(C)(C)C)C[C@@]2(C[C@@H](OCOCC[Si](C)(C)C)C[C@H](CCOCc3ccccc3Br)O2)O1)O[Si](C)(C)C. The number of ether oxygens (including phenoxy) is 5. The normalized spacial score (nSPS) is 27.5. The van der Waals surface area contributed by atoms with Crippen LogP contribution in [-0.2, 0) is 39.1 Å². The Morgan fingerprint density at radius 1 is 0.959 bits per heavy atom. The standard InChI is InChI=1S/C38H69BrO7Si3/c1-14-31(45-48(9,10)11)23-34-25-37(5,46-49(12,13)36(2,3)4)28-38(44-34)26-33(42-29-41-21-22-47(6,7)8)24-32(43-38)19-20-40-27-30-17-15-16-18-35(30)39/h14-18,32-34H,19-29H2,1-13H3/b31-14-/t32-,33-,34-,37-,38+/m0/s1. The molecule has 0 bridgehead atoms. The Morgan fingerprint density at radius 2 is 1.63 bits per heavy atom. The predicted molar refractivity (Wildman–Crippen MR) is 213 cm³/mol. The second kappa shape index (κ2) is 17.7. The van der Waals surface area contributed by atoms with E-state index in [0.29, 0.717) is 32.5 Å². The van der Waals surface area contributed by atoms with E-state index >= 15 is 0 Å². The number of halogens is 1. The van der Waals surface area contributed by atoms with Crippen LogP contribution in [0.3, 0.4) is 0 Å². The molecule has 2 saturated heterocycles. The van der Waals surface area contributed by atoms with E-state index < -0.39 is 36.1 Å². The van der Waals surface area contributed by atoms with Gasteiger partial charge >= 0.3 is 0 Å². The monoisotopic (exact) mass is 800 g/mol. The summed E-state index contributed by atoms with van der Waals surface area (Å²) < 4.78 is 47.8. The molecular formula is C38H69BrO7Si3. The third kappa shape index (κ3) is 14.5. The van der Waals surface area contributed by atoms with Gasteiger partial charge in [0, 0.05) is 57.9 Å². The molecule has 1 aromatic rings. The lowest BCUT2D eigenvalue weighted by molar-refractivity contribution is -0.353. The van der Waals surface area contributed by atoms with E-state index in [1.54, 1.807) is 0 Å². The second-order valence-electron chi connectivity index (χ2n) is 18.3. The van der Waals surface area contributed by atoms with E-state index in [0.717, 1.165) is 47.7 Å². The number of hydrogen-bond donors (Lipinski definition) is 0. The van der Waals surface area contributed by atoms with Gasteiger partial charge in [0.1, 0.15) is 6.79 Å². The summed E-state index contributed by atoms with van der Waals surface area (Å²) in [5.41, 5.74) is 0.706. The van der Waals surface area contributed by atoms with Crippen molar-refractivity contribution in [2.75, 3.05) is 20.0 Å². The first-order valence-electron chi connectivity index (χ1n) is 18.4. The molecule has 0 aromatic heterocycles. The summed E-state index contributed by atoms with van der Waals surface area (Å²) >= 11 is 3.65. The van der Waals surface area contributed by atoms with Crippen molar-refractivity contribution in [3.63, 3.8) is 0 Å². The molecule has 0 aliphatic carbocycles. The fraction of sp³-hybridized carbons (Fsp3) is 0.789. The lowest BCUT2D eigenvalue weighted by Gasteiger charge is -2.55. The Labute approximate surface area is 310 Å². The van der Waals surface area contributed by atoms with Crippen molar-refractivity contribution in [1.29, 1.82) is 0 Å². The minimum Gasteiger partial charge on any atom is -0.548 e. The lowest BCUT2D eigenvalue weighted by atomic mass is 9.81. The van der Waals surface area contributed by atoms with Crippen LogP contribution in [0.25, 0.3) is 0 Å². The van der Waals surface area contributed by atoms with Crippen LogP contribution in [0, 0.1) is 0 Å². The number of rotatable bonds is 17. The minimum atomic E-state index is -2.13. The Morgan fingerprint density at radius 3 is 2.24 bits per heavy atom. The Bertz CT molecular complexity index is 1210. The van der Waals surface area contributed by atoms with Gasteiger partial charge in [-0.25, -0.2) is 0 Å². The van der Waals surface area contributed by atoms with E-state index in [2.05, 4.69) is 115 Å². The van der Waals surface area contributed by atoms with Gasteiger partial charge in [0.15, 0.2) is 14.1 Å². The van der Waals surface area contributed by atoms with Crippen LogP contribution in [0.5, 0.6) is 0 Å². The van der Waals surface area contributed by atoms with Crippen LogP contribution in [0.2, 0.25) is 63.5 Å². The van der Waals surface area contributed by atoms with Crippen molar-refractivity contribution in [1.82, 2.24) is 0 Å². The third-order valence-electron chi connectivity index (χ3n) is 9.81. The smallest absolute Gasteiger partial charge is 0.241 e. The van der Waals surface area contributed by atoms with Gasteiger partial charge in [-0.1, -0.05) is 80.6 Å². The molecule has 1 spiro atoms. The first-order valence-corrected chi connectivity index (χ1v) is 29.2. The highest BCUT2D eigenvalue weighted by atomic mass is 79.9. The van der Waals surface area contributed by atoms with E-state index in [9.17, 15) is 0 Å². The van der Waals surface area contributed by atoms with E-state index in [-0.39, 0.29) is 30.1 Å². The summed E-state index contributed by atoms with van der Waals surface area (Å²) in [6.07, 6.45) is 6.09. The first kappa shape index (κ1) is 43.1. The van der Waals surface area contributed by atoms with Crippen LogP contribution in [-0.4, -0.2) is 74.4 Å². The highest BCUT2D eigenvalue weighted by molar-refractivity contribution is 9.10. The molecule has 0 radical (unpaired) electrons. The van der Waals surface area contributed by atoms with Gasteiger partial charge in [-0.15, -0.1) is 0 Å². The highest BCUT2D eigenvalue weighted by Crippen LogP contribution is 2.50. The molecule has 2 aliphatic rings. The van der Waals surface area contributed by atoms with Crippen molar-refractivity contribution >= 4 is 40.6 Å². The summed E-state index contributed by atoms with van der Waals surface area (Å²) in [5.74, 6) is 0.138. The molecule has 49 heavy (non-hydrogen) atoms. The first-order chi connectivity index (χ1) is 22.5. The molecule has 0 amide bonds. The summed E-state index contributed by atoms with van der Waals surface area (Å²) in [7, 11) is -5.11. The lowest BCUT2D eigenvalue weighted by Crippen LogP contribution is -2.61. The zero-order chi connectivity index (χ0) is 36.7. The molecule has 2 fully saturated rings. The van der Waals surface area contributed by atoms with Crippen molar-refractivity contribution in [3.8, 4) is 0 Å². The van der Waals surface area contributed by atoms with Gasteiger partial charge in [-0.2, -0.15) is 0 Å². The predicted octanol–water partition coefficient (Wildman–Crippen LogP) is 11.0. The van der Waals surface area contributed by atoms with Gasteiger partial charge in [0.2, 0.25) is 8.32 Å². The minimum absolute atomic E-state index is 0.0656. The number of benzene rings is 1. The van der Waals surface area contributed by atoms with Crippen LogP contribution in [0.15, 0.2) is 40.6 Å². The quantitative estimate of drug-likeness (QED) is 0.0673. The maximum absolute atomic E-state index is 7.32. The van der Waals surface area contributed by atoms with E-state index in [1.165, 1.54) is 0 Å². The zero-order valence-corrected chi connectivity index (χ0v) is 37.7. The molecule has 282 valence electrons. The topological polar surface area (TPSA) is 64.6 Å². The molecule has 2 aliphatic heterocycles. The van der Waals surface area contributed by atoms with Gasteiger partial charge in [-0.05, 0) is 75.7 Å². The number of allylic oxidation sites excluding steroid dienone is 1. The van der Waals surface area contributed by atoms with E-state index in [4.69, 9.17) is 32.5 Å². The van der Waals surface area contributed by atoms with Crippen molar-refractivity contribution in [2.45, 2.75) is 173 Å². The Kier molecular flexibility index (Phi) is 15.5. The molecule has 5 atom stereocenters. The summed E-state index contributed by atoms with van der Waals surface area (Å²) in [6.45, 7) is 31.9. The third-order valence-corrected chi connectivity index (χ3v) is 17.8. The van der Waals surface area contributed by atoms with Crippen LogP contribution < -0.4 is 0 Å². The fourth-order valence-corrected chi connectivity index (χ4v) is 10.4. The molecule has 3 rings (SSSR count). The maximum Gasteiger partial charge on any atom is 0.241 e. The van der Waals surface area contributed by atoms with Crippen molar-refractivity contribution < 1.29 is 32.5 Å². The number of hydrogen-bond acceptors (Lipinski definition) is 7. The van der Waals surface area contributed by atoms with Gasteiger partial charge in [-0.3, -0.25) is 0 Å². The molecule has 11 heteroatoms. The van der Waals surface area contributed by atoms with Crippen LogP contribution in [0.4, 0.5) is 0 Å². The molecule has 0 N–H and O–H groups in total. The molecule has 0 saturated carbocycles. The molecule has 1 aromatic carbocycles. The van der Waals surface area contributed by atoms with Gasteiger partial charge in [0.25, 0.3) is 0 Å². The zero-order valence-electron chi connectivity index (χ0n) is 33.1. The maximum atomic E-state index is 7.32. The van der Waals surface area contributed by atoms with Crippen LogP contribution in [0.1, 0.15) is 78.7 Å². The van der Waals surface area contributed by atoms with Crippen molar-refractivity contribution in [3.05, 3.63) is 46.1 Å². The fourth-order valence-electron chi connectivity index (χ4n) is 6.52. The molecular weight excluding hydrogens is 733 g/mol. The highest BCUT2D eigenvalue weighted by Gasteiger charge is 2.55. The largest absolute Gasteiger partial charge is 0.548 e.